The van der Waals surface area contributed by atoms with Crippen molar-refractivity contribution in [2.24, 2.45) is 5.41 Å². The fourth-order valence-corrected chi connectivity index (χ4v) is 2.61. The number of nitrogens with zero attached hydrogens (tertiary/aromatic N) is 5. The van der Waals surface area contributed by atoms with Gasteiger partial charge in [0.25, 0.3) is 5.89 Å². The van der Waals surface area contributed by atoms with E-state index in [-0.39, 0.29) is 5.41 Å². The largest absolute Gasteiger partial charge is 0.497 e. The van der Waals surface area contributed by atoms with E-state index in [1.165, 1.54) is 0 Å². The standard InChI is InChI=1S/C16H17N5O3/c1-16(9-23-10-16)8-21-7-13(18-20-21)15-17-14(19-24-15)11-4-3-5-12(6-11)22-2/h3-7H,8-10H2,1-2H3. The molecule has 0 unspecified atom stereocenters. The summed E-state index contributed by atoms with van der Waals surface area (Å²) in [6.45, 7) is 4.38. The van der Waals surface area contributed by atoms with Crippen molar-refractivity contribution in [3.05, 3.63) is 30.5 Å². The lowest BCUT2D eigenvalue weighted by molar-refractivity contribution is -0.111. The summed E-state index contributed by atoms with van der Waals surface area (Å²) >= 11 is 0. The minimum atomic E-state index is 0.117. The van der Waals surface area contributed by atoms with Crippen LogP contribution in [0.5, 0.6) is 5.75 Å². The van der Waals surface area contributed by atoms with Crippen molar-refractivity contribution >= 4 is 0 Å². The Hall–Kier alpha value is -2.74. The van der Waals surface area contributed by atoms with Crippen LogP contribution in [0.3, 0.4) is 0 Å². The van der Waals surface area contributed by atoms with Gasteiger partial charge in [-0.3, -0.25) is 4.68 Å². The number of hydrogen-bond acceptors (Lipinski definition) is 7. The van der Waals surface area contributed by atoms with Gasteiger partial charge in [-0.2, -0.15) is 4.98 Å². The molecule has 1 aliphatic rings. The van der Waals surface area contributed by atoms with Crippen LogP contribution in [0.1, 0.15) is 6.92 Å². The third kappa shape index (κ3) is 2.76. The molecular weight excluding hydrogens is 310 g/mol. The lowest BCUT2D eigenvalue weighted by Crippen LogP contribution is -2.43. The van der Waals surface area contributed by atoms with E-state index in [1.54, 1.807) is 11.8 Å². The van der Waals surface area contributed by atoms with E-state index in [0.29, 0.717) is 17.4 Å². The Kier molecular flexibility index (Phi) is 3.53. The van der Waals surface area contributed by atoms with Crippen LogP contribution in [0, 0.1) is 5.41 Å². The van der Waals surface area contributed by atoms with Gasteiger partial charge in [-0.25, -0.2) is 0 Å². The molecule has 1 saturated heterocycles. The van der Waals surface area contributed by atoms with Gasteiger partial charge in [0, 0.05) is 11.0 Å². The zero-order valence-electron chi connectivity index (χ0n) is 13.5. The van der Waals surface area contributed by atoms with Crippen LogP contribution in [0.4, 0.5) is 0 Å². The lowest BCUT2D eigenvalue weighted by atomic mass is 9.89. The number of benzene rings is 1. The average Bonchev–Trinajstić information content (AvgIpc) is 3.22. The highest BCUT2D eigenvalue weighted by Crippen LogP contribution is 2.29. The second kappa shape index (κ2) is 5.72. The molecule has 1 aliphatic heterocycles. The molecule has 0 bridgehead atoms. The zero-order valence-corrected chi connectivity index (χ0v) is 13.5. The Morgan fingerprint density at radius 3 is 2.96 bits per heavy atom. The predicted octanol–water partition coefficient (Wildman–Crippen LogP) is 2.04. The van der Waals surface area contributed by atoms with Crippen molar-refractivity contribution in [3.8, 4) is 28.7 Å². The number of aromatic nitrogens is 5. The van der Waals surface area contributed by atoms with E-state index in [9.17, 15) is 0 Å². The second-order valence-corrected chi connectivity index (χ2v) is 6.26. The summed E-state index contributed by atoms with van der Waals surface area (Å²) in [5.41, 5.74) is 1.49. The number of methoxy groups -OCH3 is 1. The molecule has 0 spiro atoms. The normalized spacial score (nSPS) is 15.9. The molecule has 0 N–H and O–H groups in total. The van der Waals surface area contributed by atoms with Gasteiger partial charge in [0.2, 0.25) is 5.82 Å². The van der Waals surface area contributed by atoms with Crippen LogP contribution < -0.4 is 4.74 Å². The highest BCUT2D eigenvalue weighted by Gasteiger charge is 2.34. The summed E-state index contributed by atoms with van der Waals surface area (Å²) in [6, 6.07) is 7.48. The quantitative estimate of drug-likeness (QED) is 0.708. The summed E-state index contributed by atoms with van der Waals surface area (Å²) in [4.78, 5) is 4.40. The van der Waals surface area contributed by atoms with Gasteiger partial charge >= 0.3 is 0 Å². The number of rotatable bonds is 5. The van der Waals surface area contributed by atoms with Crippen LogP contribution in [-0.2, 0) is 11.3 Å². The van der Waals surface area contributed by atoms with Crippen molar-refractivity contribution in [1.82, 2.24) is 25.1 Å². The first kappa shape index (κ1) is 14.8. The Labute approximate surface area is 138 Å². The van der Waals surface area contributed by atoms with Gasteiger partial charge in [-0.15, -0.1) is 5.10 Å². The molecule has 1 aromatic carbocycles. The summed E-state index contributed by atoms with van der Waals surface area (Å²) < 4.78 is 17.6. The third-order valence-corrected chi connectivity index (χ3v) is 3.96. The maximum atomic E-state index is 5.32. The Balaban J connectivity index is 1.55. The molecule has 8 nitrogen and oxygen atoms in total. The Bertz CT molecular complexity index is 853. The SMILES string of the molecule is COc1cccc(-c2noc(-c3cn(CC4(C)COC4)nn3)n2)c1. The second-order valence-electron chi connectivity index (χ2n) is 6.26. The maximum absolute atomic E-state index is 5.32. The van der Waals surface area contributed by atoms with E-state index in [1.807, 2.05) is 30.5 Å². The van der Waals surface area contributed by atoms with Crippen molar-refractivity contribution in [3.63, 3.8) is 0 Å². The van der Waals surface area contributed by atoms with Gasteiger partial charge in [0.1, 0.15) is 5.75 Å². The van der Waals surface area contributed by atoms with E-state index in [4.69, 9.17) is 14.0 Å². The molecule has 0 atom stereocenters. The first-order valence-corrected chi connectivity index (χ1v) is 7.62. The van der Waals surface area contributed by atoms with Crippen molar-refractivity contribution in [2.75, 3.05) is 20.3 Å². The molecule has 2 aromatic heterocycles. The molecule has 1 fully saturated rings. The first-order chi connectivity index (χ1) is 11.6. The van der Waals surface area contributed by atoms with Crippen molar-refractivity contribution in [1.29, 1.82) is 0 Å². The fourth-order valence-electron chi connectivity index (χ4n) is 2.61. The molecule has 0 amide bonds. The van der Waals surface area contributed by atoms with Gasteiger partial charge in [-0.1, -0.05) is 29.4 Å². The lowest BCUT2D eigenvalue weighted by Gasteiger charge is -2.37. The molecule has 4 rings (SSSR count). The highest BCUT2D eigenvalue weighted by molar-refractivity contribution is 5.59. The minimum absolute atomic E-state index is 0.117. The summed E-state index contributed by atoms with van der Waals surface area (Å²) in [7, 11) is 1.62. The van der Waals surface area contributed by atoms with Crippen LogP contribution >= 0.6 is 0 Å². The summed E-state index contributed by atoms with van der Waals surface area (Å²) in [5.74, 6) is 1.56. The summed E-state index contributed by atoms with van der Waals surface area (Å²) in [5, 5.41) is 12.3. The topological polar surface area (TPSA) is 88.1 Å². The van der Waals surface area contributed by atoms with E-state index in [0.717, 1.165) is 31.1 Å². The van der Waals surface area contributed by atoms with Gasteiger partial charge in [-0.05, 0) is 12.1 Å². The summed E-state index contributed by atoms with van der Waals surface area (Å²) in [6.07, 6.45) is 1.81. The van der Waals surface area contributed by atoms with Crippen LogP contribution in [-0.4, -0.2) is 45.5 Å². The number of hydrogen-bond donors (Lipinski definition) is 0. The van der Waals surface area contributed by atoms with E-state index < -0.39 is 0 Å². The van der Waals surface area contributed by atoms with E-state index in [2.05, 4.69) is 27.4 Å². The molecule has 124 valence electrons. The molecule has 3 heterocycles. The van der Waals surface area contributed by atoms with Gasteiger partial charge < -0.3 is 14.0 Å². The molecular formula is C16H17N5O3. The van der Waals surface area contributed by atoms with E-state index >= 15 is 0 Å². The highest BCUT2D eigenvalue weighted by atomic mass is 16.5. The average molecular weight is 327 g/mol. The van der Waals surface area contributed by atoms with Crippen LogP contribution in [0.25, 0.3) is 23.0 Å². The van der Waals surface area contributed by atoms with Gasteiger partial charge in [0.15, 0.2) is 5.69 Å². The number of ether oxygens (including phenoxy) is 2. The third-order valence-electron chi connectivity index (χ3n) is 3.96. The zero-order chi connectivity index (χ0) is 16.6. The first-order valence-electron chi connectivity index (χ1n) is 7.62. The van der Waals surface area contributed by atoms with Crippen molar-refractivity contribution in [2.45, 2.75) is 13.5 Å². The smallest absolute Gasteiger partial charge is 0.280 e. The molecule has 3 aromatic rings. The van der Waals surface area contributed by atoms with Gasteiger partial charge in [0.05, 0.1) is 33.1 Å². The molecule has 8 heteroatoms. The molecule has 24 heavy (non-hydrogen) atoms. The Morgan fingerprint density at radius 2 is 2.21 bits per heavy atom. The maximum Gasteiger partial charge on any atom is 0.280 e. The van der Waals surface area contributed by atoms with Crippen LogP contribution in [0.15, 0.2) is 35.0 Å². The molecule has 0 radical (unpaired) electrons. The predicted molar refractivity (Wildman–Crippen MR) is 84.2 cm³/mol. The molecule has 0 saturated carbocycles. The minimum Gasteiger partial charge on any atom is -0.497 e. The molecule has 0 aliphatic carbocycles. The Morgan fingerprint density at radius 1 is 1.33 bits per heavy atom. The fraction of sp³-hybridized carbons (Fsp3) is 0.375. The monoisotopic (exact) mass is 327 g/mol. The van der Waals surface area contributed by atoms with Crippen LogP contribution in [0.2, 0.25) is 0 Å². The van der Waals surface area contributed by atoms with Crippen molar-refractivity contribution < 1.29 is 14.0 Å².